The van der Waals surface area contributed by atoms with Gasteiger partial charge in [0.15, 0.2) is 5.66 Å². The fourth-order valence-corrected chi connectivity index (χ4v) is 2.82. The number of terminal acetylenes is 1. The lowest BCUT2D eigenvalue weighted by Gasteiger charge is -2.11. The van der Waals surface area contributed by atoms with Crippen LogP contribution < -0.4 is 9.44 Å². The Hall–Kier alpha value is -1.75. The van der Waals surface area contributed by atoms with Crippen molar-refractivity contribution in [3.8, 4) is 12.3 Å². The van der Waals surface area contributed by atoms with Crippen LogP contribution in [0, 0.1) is 19.3 Å². The predicted molar refractivity (Wildman–Crippen MR) is 85.2 cm³/mol. The van der Waals surface area contributed by atoms with Gasteiger partial charge in [-0.15, -0.1) is 12.3 Å². The highest BCUT2D eigenvalue weighted by Crippen LogP contribution is 2.36. The van der Waals surface area contributed by atoms with E-state index in [1.54, 1.807) is 0 Å². The smallest absolute Gasteiger partial charge is 0.202 e. The Labute approximate surface area is 131 Å². The fourth-order valence-electron chi connectivity index (χ4n) is 1.99. The van der Waals surface area contributed by atoms with Crippen LogP contribution in [0.3, 0.4) is 0 Å². The molecule has 1 aliphatic heterocycles. The summed E-state index contributed by atoms with van der Waals surface area (Å²) in [7, 11) is -3.53. The standard InChI is InChI=1S/C15H20N4O2S/c1-3-4-9-15(18-19-15)10-11-16-22(20,21)17-12-14-7-5-13(2)6-8-14/h1,5-8,16-17H,4,9-12H2,2H3. The molecule has 7 heteroatoms. The third-order valence-corrected chi connectivity index (χ3v) is 4.57. The Bertz CT molecular complexity index is 668. The molecular formula is C15H20N4O2S. The van der Waals surface area contributed by atoms with Crippen molar-refractivity contribution in [2.24, 2.45) is 10.2 Å². The van der Waals surface area contributed by atoms with Gasteiger partial charge in [0.1, 0.15) is 0 Å². The summed E-state index contributed by atoms with van der Waals surface area (Å²) >= 11 is 0. The molecule has 0 saturated heterocycles. The first-order chi connectivity index (χ1) is 10.4. The highest BCUT2D eigenvalue weighted by Gasteiger charge is 2.38. The Morgan fingerprint density at radius 3 is 2.45 bits per heavy atom. The van der Waals surface area contributed by atoms with Crippen molar-refractivity contribution >= 4 is 10.2 Å². The summed E-state index contributed by atoms with van der Waals surface area (Å²) in [5, 5.41) is 7.93. The quantitative estimate of drug-likeness (QED) is 0.681. The van der Waals surface area contributed by atoms with Crippen molar-refractivity contribution < 1.29 is 8.42 Å². The number of benzene rings is 1. The van der Waals surface area contributed by atoms with Crippen molar-refractivity contribution in [2.75, 3.05) is 6.54 Å². The Kier molecular flexibility index (Phi) is 5.29. The van der Waals surface area contributed by atoms with Crippen LogP contribution in [0.2, 0.25) is 0 Å². The van der Waals surface area contributed by atoms with E-state index in [0.717, 1.165) is 11.1 Å². The van der Waals surface area contributed by atoms with Crippen LogP contribution in [0.1, 0.15) is 30.4 Å². The average molecular weight is 320 g/mol. The van der Waals surface area contributed by atoms with Gasteiger partial charge in [0, 0.05) is 32.4 Å². The minimum Gasteiger partial charge on any atom is -0.202 e. The Morgan fingerprint density at radius 2 is 1.86 bits per heavy atom. The Morgan fingerprint density at radius 1 is 1.18 bits per heavy atom. The van der Waals surface area contributed by atoms with Crippen LogP contribution in [0.4, 0.5) is 0 Å². The van der Waals surface area contributed by atoms with Gasteiger partial charge in [-0.25, -0.2) is 4.72 Å². The number of hydrogen-bond donors (Lipinski definition) is 2. The van der Waals surface area contributed by atoms with Gasteiger partial charge >= 0.3 is 0 Å². The second kappa shape index (κ2) is 7.01. The molecule has 6 nitrogen and oxygen atoms in total. The number of hydrogen-bond acceptors (Lipinski definition) is 4. The highest BCUT2D eigenvalue weighted by atomic mass is 32.2. The van der Waals surface area contributed by atoms with E-state index in [1.165, 1.54) is 0 Å². The summed E-state index contributed by atoms with van der Waals surface area (Å²) in [6.07, 6.45) is 7.00. The molecule has 0 spiro atoms. The van der Waals surface area contributed by atoms with Gasteiger partial charge in [0.25, 0.3) is 10.2 Å². The molecule has 1 heterocycles. The van der Waals surface area contributed by atoms with Crippen LogP contribution >= 0.6 is 0 Å². The molecule has 22 heavy (non-hydrogen) atoms. The van der Waals surface area contributed by atoms with E-state index in [1.807, 2.05) is 31.2 Å². The topological polar surface area (TPSA) is 82.9 Å². The molecule has 0 saturated carbocycles. The van der Waals surface area contributed by atoms with E-state index in [2.05, 4.69) is 25.6 Å². The van der Waals surface area contributed by atoms with Gasteiger partial charge in [-0.1, -0.05) is 29.8 Å². The van der Waals surface area contributed by atoms with Crippen LogP contribution in [0.5, 0.6) is 0 Å². The lowest BCUT2D eigenvalue weighted by Crippen LogP contribution is -2.37. The molecule has 2 rings (SSSR count). The third-order valence-electron chi connectivity index (χ3n) is 3.46. The molecule has 1 aromatic rings. The van der Waals surface area contributed by atoms with Gasteiger partial charge in [-0.3, -0.25) is 0 Å². The maximum atomic E-state index is 11.9. The van der Waals surface area contributed by atoms with Crippen LogP contribution in [0.15, 0.2) is 34.5 Å². The lowest BCUT2D eigenvalue weighted by molar-refractivity contribution is 0.502. The van der Waals surface area contributed by atoms with E-state index < -0.39 is 15.9 Å². The van der Waals surface area contributed by atoms with Gasteiger partial charge in [-0.05, 0) is 12.5 Å². The van der Waals surface area contributed by atoms with Crippen molar-refractivity contribution in [3.05, 3.63) is 35.4 Å². The largest absolute Gasteiger partial charge is 0.277 e. The maximum Gasteiger partial charge on any atom is 0.277 e. The third kappa shape index (κ3) is 5.22. The summed E-state index contributed by atoms with van der Waals surface area (Å²) in [5.41, 5.74) is 1.58. The molecule has 0 amide bonds. The zero-order valence-electron chi connectivity index (χ0n) is 12.5. The zero-order chi connectivity index (χ0) is 16.1. The summed E-state index contributed by atoms with van der Waals surface area (Å²) < 4.78 is 28.8. The van der Waals surface area contributed by atoms with Crippen LogP contribution in [-0.2, 0) is 16.8 Å². The first-order valence-corrected chi connectivity index (χ1v) is 8.60. The average Bonchev–Trinajstić information content (AvgIpc) is 3.25. The molecule has 0 aromatic heterocycles. The normalized spacial score (nSPS) is 15.5. The van der Waals surface area contributed by atoms with Crippen LogP contribution in [-0.4, -0.2) is 20.6 Å². The number of rotatable bonds is 9. The van der Waals surface area contributed by atoms with Crippen LogP contribution in [0.25, 0.3) is 0 Å². The molecule has 118 valence electrons. The van der Waals surface area contributed by atoms with E-state index in [-0.39, 0.29) is 13.1 Å². The first-order valence-electron chi connectivity index (χ1n) is 7.12. The minimum atomic E-state index is -3.53. The number of aryl methyl sites for hydroxylation is 1. The van der Waals surface area contributed by atoms with Crippen molar-refractivity contribution in [1.29, 1.82) is 0 Å². The summed E-state index contributed by atoms with van der Waals surface area (Å²) in [4.78, 5) is 0. The van der Waals surface area contributed by atoms with E-state index in [9.17, 15) is 8.42 Å². The summed E-state index contributed by atoms with van der Waals surface area (Å²) in [6, 6.07) is 7.69. The Balaban J connectivity index is 1.72. The predicted octanol–water partition coefficient (Wildman–Crippen LogP) is 1.88. The second-order valence-corrected chi connectivity index (χ2v) is 6.93. The molecular weight excluding hydrogens is 300 g/mol. The second-order valence-electron chi connectivity index (χ2n) is 5.34. The molecule has 0 bridgehead atoms. The minimum absolute atomic E-state index is 0.257. The molecule has 0 atom stereocenters. The molecule has 2 N–H and O–H groups in total. The zero-order valence-corrected chi connectivity index (χ0v) is 13.4. The van der Waals surface area contributed by atoms with Gasteiger partial charge < -0.3 is 0 Å². The number of nitrogens with zero attached hydrogens (tertiary/aromatic N) is 2. The lowest BCUT2D eigenvalue weighted by atomic mass is 10.1. The highest BCUT2D eigenvalue weighted by molar-refractivity contribution is 7.87. The van der Waals surface area contributed by atoms with Crippen molar-refractivity contribution in [1.82, 2.24) is 9.44 Å². The number of nitrogens with one attached hydrogen (secondary N) is 2. The molecule has 0 radical (unpaired) electrons. The van der Waals surface area contributed by atoms with E-state index in [4.69, 9.17) is 6.42 Å². The molecule has 0 fully saturated rings. The fraction of sp³-hybridized carbons (Fsp3) is 0.467. The molecule has 0 aliphatic carbocycles. The first kappa shape index (κ1) is 16.6. The van der Waals surface area contributed by atoms with E-state index >= 15 is 0 Å². The van der Waals surface area contributed by atoms with Gasteiger partial charge in [0.05, 0.1) is 0 Å². The van der Waals surface area contributed by atoms with Gasteiger partial charge in [0.2, 0.25) is 0 Å². The SMILES string of the molecule is C#CCCC1(CCNS(=O)(=O)NCc2ccc(C)cc2)N=N1. The monoisotopic (exact) mass is 320 g/mol. The molecule has 1 aromatic carbocycles. The van der Waals surface area contributed by atoms with Gasteiger partial charge in [-0.2, -0.15) is 23.4 Å². The van der Waals surface area contributed by atoms with E-state index in [0.29, 0.717) is 19.3 Å². The van der Waals surface area contributed by atoms with Crippen molar-refractivity contribution in [2.45, 2.75) is 38.4 Å². The molecule has 1 aliphatic rings. The maximum absolute atomic E-state index is 11.9. The summed E-state index contributed by atoms with van der Waals surface area (Å²) in [5.74, 6) is 2.54. The summed E-state index contributed by atoms with van der Waals surface area (Å²) in [6.45, 7) is 2.52. The van der Waals surface area contributed by atoms with Crippen molar-refractivity contribution in [3.63, 3.8) is 0 Å². The molecule has 0 unspecified atom stereocenters.